The van der Waals surface area contributed by atoms with Gasteiger partial charge in [0.2, 0.25) is 0 Å². The second-order valence-corrected chi connectivity index (χ2v) is 11.1. The van der Waals surface area contributed by atoms with Crippen molar-refractivity contribution in [2.75, 3.05) is 19.6 Å². The van der Waals surface area contributed by atoms with Crippen LogP contribution in [0.25, 0.3) is 0 Å². The van der Waals surface area contributed by atoms with Gasteiger partial charge in [-0.15, -0.1) is 0 Å². The van der Waals surface area contributed by atoms with Crippen LogP contribution in [0.1, 0.15) is 75.7 Å². The molecule has 15 heteroatoms. The Morgan fingerprint density at radius 2 is 1.44 bits per heavy atom. The van der Waals surface area contributed by atoms with E-state index in [1.165, 1.54) is 78.7 Å². The number of carboxylic acid groups (broad SMARTS) is 1. The summed E-state index contributed by atoms with van der Waals surface area (Å²) in [4.78, 5) is 61.1. The summed E-state index contributed by atoms with van der Waals surface area (Å²) in [6.45, 7) is 9.34. The number of aliphatic hydroxyl groups is 1. The van der Waals surface area contributed by atoms with Crippen LogP contribution in [-0.4, -0.2) is 105 Å². The molecule has 3 aliphatic rings. The molecule has 5 rings (SSSR count). The number of carbonyl (C=O) groups excluding carboxylic acids is 4. The minimum Gasteiger partial charge on any atom is -0.478 e. The topological polar surface area (TPSA) is 178 Å². The summed E-state index contributed by atoms with van der Waals surface area (Å²) in [7, 11) is 3.75. The number of hydrogen-bond acceptors (Lipinski definition) is 12. The summed E-state index contributed by atoms with van der Waals surface area (Å²) >= 11 is 0. The molecule has 13 nitrogen and oxygen atoms in total. The van der Waals surface area contributed by atoms with Crippen molar-refractivity contribution in [3.05, 3.63) is 71.8 Å². The number of carboxylic acids is 1. The Bertz CT molecular complexity index is 1350. The van der Waals surface area contributed by atoms with Crippen molar-refractivity contribution in [2.24, 2.45) is 4.99 Å². The van der Waals surface area contributed by atoms with E-state index in [1.807, 2.05) is 30.3 Å². The molecular weight excluding hydrogens is 873 g/mol. The number of rotatable bonds is 6. The Morgan fingerprint density at radius 3 is 1.96 bits per heavy atom. The predicted molar refractivity (Wildman–Crippen MR) is 182 cm³/mol. The van der Waals surface area contributed by atoms with E-state index in [2.05, 4.69) is 27.7 Å². The minimum absolute atomic E-state index is 0. The molecule has 2 N–H and O–H groups in total. The molecule has 0 aliphatic carbocycles. The van der Waals surface area contributed by atoms with E-state index in [-0.39, 0.29) is 37.7 Å². The zero-order chi connectivity index (χ0) is 37.5. The zero-order valence-corrected chi connectivity index (χ0v) is 33.2. The molecular formula is C35H47BN2O11U. The van der Waals surface area contributed by atoms with Crippen molar-refractivity contribution in [2.45, 2.75) is 90.8 Å². The number of nitrogens with zero attached hydrogens (tertiary/aromatic N) is 2. The summed E-state index contributed by atoms with van der Waals surface area (Å²) in [5.41, 5.74) is 1.18. The van der Waals surface area contributed by atoms with E-state index in [1.54, 1.807) is 30.3 Å². The van der Waals surface area contributed by atoms with Gasteiger partial charge in [0.15, 0.2) is 18.3 Å². The average Bonchev–Trinajstić information content (AvgIpc) is 3.38. The van der Waals surface area contributed by atoms with Crippen molar-refractivity contribution in [1.29, 1.82) is 1.34 Å². The van der Waals surface area contributed by atoms with Crippen molar-refractivity contribution in [3.63, 3.8) is 0 Å². The van der Waals surface area contributed by atoms with Gasteiger partial charge < -0.3 is 34.1 Å². The van der Waals surface area contributed by atoms with Gasteiger partial charge in [-0.2, -0.15) is 0 Å². The first-order chi connectivity index (χ1) is 23.9. The first-order valence-corrected chi connectivity index (χ1v) is 16.0. The summed E-state index contributed by atoms with van der Waals surface area (Å²) in [5, 5.41) is 17.3. The van der Waals surface area contributed by atoms with E-state index in [0.717, 1.165) is 12.1 Å². The standard InChI is InChI=1S/C13H16O5.C9H16N2.C7H6O2.C6H8O4.BH.U/c1-9(14)12(15)18-10(2)13(16)17-8-11-6-4-3-5-7-11;1-2-5-9-10-6-4-8-11(9)7-3-1;8-7(9)6-4-2-1-3-5-6;1-3-5(7)10-4(2)6(8)9-3;;/h3-7,9-10,14H,8H2,1-2H3;1-8H2;1-5H,(H,8,9);3-4H,1-2H3;1H;/i;;;;1D;. The average molecular weight is 922 g/mol. The van der Waals surface area contributed by atoms with Gasteiger partial charge in [-0.3, -0.25) is 4.99 Å². The Hall–Kier alpha value is -3.66. The Morgan fingerprint density at radius 1 is 0.900 bits per heavy atom. The Balaban J connectivity index is 0.000000662. The molecule has 0 aromatic heterocycles. The molecule has 2 aromatic carbocycles. The molecule has 0 amide bonds. The maximum atomic E-state index is 11.5. The molecule has 3 aliphatic heterocycles. The number of aliphatic hydroxyl groups excluding tert-OH is 1. The van der Waals surface area contributed by atoms with Gasteiger partial charge in [-0.05, 0) is 66.0 Å². The number of fused-ring (bicyclic) bond motifs is 1. The van der Waals surface area contributed by atoms with E-state index >= 15 is 0 Å². The van der Waals surface area contributed by atoms with Crippen LogP contribution in [0, 0.1) is 31.1 Å². The first-order valence-electron chi connectivity index (χ1n) is 16.5. The molecule has 270 valence electrons. The molecule has 0 bridgehead atoms. The summed E-state index contributed by atoms with van der Waals surface area (Å²) < 4.78 is 24.1. The van der Waals surface area contributed by atoms with Crippen LogP contribution >= 0.6 is 0 Å². The fraction of sp³-hybridized carbons (Fsp3) is 0.486. The number of amidine groups is 1. The molecule has 2 saturated heterocycles. The summed E-state index contributed by atoms with van der Waals surface area (Å²) in [6, 6.07) is 17.5. The van der Waals surface area contributed by atoms with Crippen molar-refractivity contribution in [3.8, 4) is 0 Å². The van der Waals surface area contributed by atoms with Gasteiger partial charge >= 0.3 is 29.8 Å². The molecule has 2 fully saturated rings. The summed E-state index contributed by atoms with van der Waals surface area (Å²) in [5.74, 6) is -1.93. The van der Waals surface area contributed by atoms with Crippen molar-refractivity contribution >= 4 is 44.1 Å². The van der Waals surface area contributed by atoms with E-state index < -0.39 is 54.3 Å². The molecule has 4 atom stereocenters. The van der Waals surface area contributed by atoms with Gasteiger partial charge in [0.25, 0.3) is 0 Å². The van der Waals surface area contributed by atoms with Crippen LogP contribution < -0.4 is 0 Å². The molecule has 2 radical (unpaired) electrons. The molecule has 0 saturated carbocycles. The number of ether oxygens (including phenoxy) is 4. The van der Waals surface area contributed by atoms with Crippen LogP contribution in [0.3, 0.4) is 0 Å². The minimum atomic E-state index is -1.26. The molecule has 50 heavy (non-hydrogen) atoms. The maximum Gasteiger partial charge on any atom is 0.347 e. The van der Waals surface area contributed by atoms with Crippen LogP contribution in [0.4, 0.5) is 0 Å². The van der Waals surface area contributed by atoms with Gasteiger partial charge in [0, 0.05) is 65.5 Å². The normalized spacial score (nSPS) is 18.8. The van der Waals surface area contributed by atoms with Gasteiger partial charge in [-0.25, -0.2) is 24.0 Å². The maximum absolute atomic E-state index is 11.5. The van der Waals surface area contributed by atoms with Crippen LogP contribution in [0.2, 0.25) is 0 Å². The van der Waals surface area contributed by atoms with Gasteiger partial charge in [0.1, 0.15) is 12.7 Å². The van der Waals surface area contributed by atoms with E-state index in [4.69, 9.17) is 21.0 Å². The number of aliphatic imine (C=N–C) groups is 1. The number of carbonyl (C=O) groups is 5. The predicted octanol–water partition coefficient (Wildman–Crippen LogP) is 3.31. The fourth-order valence-electron chi connectivity index (χ4n) is 4.32. The third-order valence-corrected chi connectivity index (χ3v) is 7.03. The monoisotopic (exact) mass is 921 g/mol. The third-order valence-electron chi connectivity index (χ3n) is 7.03. The molecule has 0 spiro atoms. The Labute approximate surface area is 320 Å². The van der Waals surface area contributed by atoms with Crippen molar-refractivity contribution in [1.82, 2.24) is 4.90 Å². The number of hydrogen-bond donors (Lipinski definition) is 2. The molecule has 2 aromatic rings. The van der Waals surface area contributed by atoms with Gasteiger partial charge in [-0.1, -0.05) is 55.0 Å². The molecule has 4 unspecified atom stereocenters. The quantitative estimate of drug-likeness (QED) is 0.246. The van der Waals surface area contributed by atoms with Crippen LogP contribution in [0.5, 0.6) is 0 Å². The SMILES string of the molecule is C1CCC2=NCCCN2CC1.CC(O)C(=O)OC(C)C(=O)OCc1ccccc1.CC1OC(=O)C(C)OC1=O.O=C(O)c1ccccc1.[2H][B].[U]. The number of benzene rings is 2. The van der Waals surface area contributed by atoms with Gasteiger partial charge in [0.05, 0.1) is 11.4 Å². The fourth-order valence-corrected chi connectivity index (χ4v) is 4.32. The second kappa shape index (κ2) is 25.3. The largest absolute Gasteiger partial charge is 0.478 e. The van der Waals surface area contributed by atoms with Crippen molar-refractivity contribution < 1.29 is 84.2 Å². The van der Waals surface area contributed by atoms with Crippen LogP contribution in [0.15, 0.2) is 65.7 Å². The summed E-state index contributed by atoms with van der Waals surface area (Å²) in [6.07, 6.45) is 2.85. The molecule has 3 heterocycles. The zero-order valence-electron chi connectivity index (χ0n) is 30.0. The Kier molecular flexibility index (Phi) is 22.5. The number of aromatic carboxylic acids is 1. The van der Waals surface area contributed by atoms with E-state index in [0.29, 0.717) is 5.56 Å². The van der Waals surface area contributed by atoms with Crippen LogP contribution in [-0.2, 0) is 44.7 Å². The second-order valence-electron chi connectivity index (χ2n) is 11.1. The first kappa shape index (κ1) is 44.4. The smallest absolute Gasteiger partial charge is 0.347 e. The number of cyclic esters (lactones) is 2. The number of esters is 4. The third kappa shape index (κ3) is 17.8. The van der Waals surface area contributed by atoms with E-state index in [9.17, 15) is 24.0 Å².